The van der Waals surface area contributed by atoms with Gasteiger partial charge in [-0.25, -0.2) is 0 Å². The molecule has 0 saturated carbocycles. The first-order valence-corrected chi connectivity index (χ1v) is 2.59. The molecule has 0 spiro atoms. The third-order valence-corrected chi connectivity index (χ3v) is 0.202. The van der Waals surface area contributed by atoms with Crippen molar-refractivity contribution in [1.82, 2.24) is 0 Å². The number of nitrogens with zero attached hydrogens (tertiary/aromatic N) is 1. The van der Waals surface area contributed by atoms with Crippen LogP contribution >= 0.6 is 0 Å². The summed E-state index contributed by atoms with van der Waals surface area (Å²) in [6.45, 7) is 1.92. The van der Waals surface area contributed by atoms with Gasteiger partial charge in [-0.2, -0.15) is 0 Å². The quantitative estimate of drug-likeness (QED) is 0.179. The Labute approximate surface area is 61.0 Å². The Morgan fingerprint density at radius 3 is 2.33 bits per heavy atom. The molecule has 6 heteroatoms. The number of hydrogen-bond acceptors (Lipinski definition) is 3. The molecule has 0 unspecified atom stereocenters. The molecule has 0 rings (SSSR count). The summed E-state index contributed by atoms with van der Waals surface area (Å²) in [5.74, 6) is 10.2. The fourth-order valence-electron chi connectivity index (χ4n) is 0.0264. The van der Waals surface area contributed by atoms with E-state index in [1.165, 1.54) is 0 Å². The van der Waals surface area contributed by atoms with Gasteiger partial charge in [-0.15, -0.1) is 5.10 Å². The number of hydrazone groups is 1. The van der Waals surface area contributed by atoms with Crippen molar-refractivity contribution in [3.63, 3.8) is 0 Å². The molecule has 0 aliphatic carbocycles. The van der Waals surface area contributed by atoms with E-state index in [0.29, 0.717) is 0 Å². The normalized spacial score (nSPS) is 8.89. The Morgan fingerprint density at radius 2 is 2.33 bits per heavy atom. The van der Waals surface area contributed by atoms with Crippen LogP contribution in [0.4, 0.5) is 0 Å². The Hall–Kier alpha value is -0.581. The van der Waals surface area contributed by atoms with Crippen LogP contribution < -0.4 is 5.84 Å². The number of nitrogens with one attached hydrogen (secondary N) is 1. The maximum Gasteiger partial charge on any atom is 0.386 e. The second kappa shape index (κ2) is 10.4. The summed E-state index contributed by atoms with van der Waals surface area (Å²) in [6, 6.07) is 0. The topological polar surface area (TPSA) is 91.6 Å². The van der Waals surface area contributed by atoms with E-state index in [-0.39, 0.29) is 0 Å². The van der Waals surface area contributed by atoms with Crippen LogP contribution in [0.25, 0.3) is 5.90 Å². The van der Waals surface area contributed by atoms with Crippen molar-refractivity contribution in [2.24, 2.45) is 10.9 Å². The Balaban J connectivity index is 0. The third-order valence-electron chi connectivity index (χ3n) is 0.202. The predicted molar refractivity (Wildman–Crippen MR) is 31.4 cm³/mol. The molecule has 55 valence electrons. The first-order valence-electron chi connectivity index (χ1n) is 1.91. The maximum atomic E-state index is 7.88. The second-order valence-electron chi connectivity index (χ2n) is 0.732. The molecule has 0 amide bonds. The molecule has 0 fully saturated rings. The molecule has 0 aromatic carbocycles. The molecular weight excluding hydrogens is 165 g/mol. The first kappa shape index (κ1) is 11.2. The molecule has 0 radical (unpaired) electrons. The molecule has 0 aromatic rings. The van der Waals surface area contributed by atoms with Crippen molar-refractivity contribution >= 4 is 11.0 Å². The van der Waals surface area contributed by atoms with E-state index in [9.17, 15) is 0 Å². The molecular formula is C3H8MnN3O2-. The number of rotatable bonds is 0. The second-order valence-corrected chi connectivity index (χ2v) is 1.41. The van der Waals surface area contributed by atoms with Crippen LogP contribution in [0.2, 0.25) is 0 Å². The van der Waals surface area contributed by atoms with Crippen LogP contribution in [0.5, 0.6) is 0 Å². The molecule has 0 aromatic heterocycles. The summed E-state index contributed by atoms with van der Waals surface area (Å²) in [7, 11) is 0. The zero-order chi connectivity index (χ0) is 7.70. The molecule has 9 heavy (non-hydrogen) atoms. The molecule has 0 aliphatic rings. The summed E-state index contributed by atoms with van der Waals surface area (Å²) >= 11 is 3.02. The van der Waals surface area contributed by atoms with Gasteiger partial charge in [-0.3, -0.25) is 0 Å². The molecule has 0 aliphatic heterocycles. The van der Waals surface area contributed by atoms with Crippen molar-refractivity contribution in [2.45, 2.75) is 6.92 Å². The fraction of sp³-hybridized carbons (Fsp3) is 0.333. The van der Waals surface area contributed by atoms with E-state index < -0.39 is 6.08 Å². The number of aliphatic hydroxyl groups excluding tert-OH is 1. The van der Waals surface area contributed by atoms with E-state index in [0.717, 1.165) is 0 Å². The zero-order valence-electron chi connectivity index (χ0n) is 4.84. The van der Waals surface area contributed by atoms with Gasteiger partial charge < -0.3 is 21.7 Å². The smallest absolute Gasteiger partial charge is 0.386 e. The first-order chi connectivity index (χ1) is 4.22. The molecule has 0 bridgehead atoms. The average molecular weight is 173 g/mol. The summed E-state index contributed by atoms with van der Waals surface area (Å²) in [4.78, 5) is 5.14. The van der Waals surface area contributed by atoms with Crippen molar-refractivity contribution in [1.29, 1.82) is 0 Å². The van der Waals surface area contributed by atoms with E-state index in [2.05, 4.69) is 31.4 Å². The Morgan fingerprint density at radius 1 is 2.00 bits per heavy atom. The molecule has 0 heterocycles. The van der Waals surface area contributed by atoms with Crippen LogP contribution in [-0.4, -0.2) is 16.1 Å². The number of nitrogens with two attached hydrogens (primary N) is 1. The van der Waals surface area contributed by atoms with Gasteiger partial charge in [0.1, 0.15) is 0 Å². The summed E-state index contributed by atoms with van der Waals surface area (Å²) in [6.07, 6.45) is -0.838. The summed E-state index contributed by atoms with van der Waals surface area (Å²) in [5.41, 5.74) is 0. The number of aliphatic hydroxyl groups is 1. The van der Waals surface area contributed by atoms with Gasteiger partial charge >= 0.3 is 33.5 Å². The zero-order valence-corrected chi connectivity index (χ0v) is 6.02. The van der Waals surface area contributed by atoms with Crippen LogP contribution in [0, 0.1) is 0 Å². The average Bonchev–Trinajstić information content (AvgIpc) is 1.88. The van der Waals surface area contributed by atoms with Gasteiger partial charge in [0.25, 0.3) is 0 Å². The van der Waals surface area contributed by atoms with Crippen LogP contribution in [-0.2, 0) is 20.4 Å². The van der Waals surface area contributed by atoms with Crippen LogP contribution in [0.1, 0.15) is 6.92 Å². The number of hydrogen-bond donors (Lipinski definition) is 2. The summed E-state index contributed by atoms with van der Waals surface area (Å²) < 4.78 is 0. The van der Waals surface area contributed by atoms with Gasteiger partial charge in [0, 0.05) is 0 Å². The summed E-state index contributed by atoms with van der Waals surface area (Å²) in [5, 5.41) is 10.5. The van der Waals surface area contributed by atoms with E-state index in [1.54, 1.807) is 0 Å². The van der Waals surface area contributed by atoms with Crippen molar-refractivity contribution in [3.05, 3.63) is 5.90 Å². The van der Waals surface area contributed by atoms with E-state index >= 15 is 0 Å². The standard InChI is InChI=1S/C2H4.CH4N3O2.Mn/c1-2;2-4-1(5)6-3;/h1H,2H3;3H,2H2,(H,4,5);/q;-1;. The molecule has 0 saturated heterocycles. The van der Waals surface area contributed by atoms with Gasteiger partial charge in [0.05, 0.1) is 0 Å². The van der Waals surface area contributed by atoms with E-state index in [4.69, 9.17) is 11.0 Å². The van der Waals surface area contributed by atoms with Gasteiger partial charge in [-0.05, 0) is 0 Å². The minimum Gasteiger partial charge on any atom is -0.547 e. The van der Waals surface area contributed by atoms with Gasteiger partial charge in [0.2, 0.25) is 0 Å². The van der Waals surface area contributed by atoms with Gasteiger partial charge in [0.15, 0.2) is 0 Å². The van der Waals surface area contributed by atoms with Crippen molar-refractivity contribution in [2.75, 3.05) is 0 Å². The predicted octanol–water partition coefficient (Wildman–Crippen LogP) is 0.113. The van der Waals surface area contributed by atoms with Crippen molar-refractivity contribution in [3.8, 4) is 0 Å². The Kier molecular flexibility index (Phi) is 13.0. The van der Waals surface area contributed by atoms with Gasteiger partial charge in [-0.1, -0.05) is 0 Å². The fourth-order valence-corrected chi connectivity index (χ4v) is 0.0264. The maximum absolute atomic E-state index is 7.88. The molecule has 0 atom stereocenters. The van der Waals surface area contributed by atoms with Crippen LogP contribution in [0.15, 0.2) is 5.10 Å². The van der Waals surface area contributed by atoms with Crippen LogP contribution in [0.3, 0.4) is 0 Å². The molecule has 4 N–H and O–H groups in total. The largest absolute Gasteiger partial charge is 0.547 e. The van der Waals surface area contributed by atoms with E-state index in [1.807, 2.05) is 11.8 Å². The monoisotopic (exact) mass is 173 g/mol. The SMILES string of the molecule is C[CH]=[Mn].[NH-]O/C(O)=N\N. The third kappa shape index (κ3) is 18.6. The molecule has 5 nitrogen and oxygen atoms in total. The minimum atomic E-state index is -0.838. The Bertz CT molecular complexity index is 95.1. The van der Waals surface area contributed by atoms with Crippen molar-refractivity contribution < 1.29 is 25.5 Å². The minimum absolute atomic E-state index is 0.838.